The highest BCUT2D eigenvalue weighted by Crippen LogP contribution is 2.27. The van der Waals surface area contributed by atoms with Crippen LogP contribution in [0, 0.1) is 10.1 Å². The Morgan fingerprint density at radius 2 is 1.96 bits per heavy atom. The summed E-state index contributed by atoms with van der Waals surface area (Å²) in [6.45, 7) is -0.257. The maximum absolute atomic E-state index is 11.7. The van der Waals surface area contributed by atoms with Gasteiger partial charge in [0.2, 0.25) is 0 Å². The van der Waals surface area contributed by atoms with E-state index >= 15 is 0 Å². The molecule has 24 heavy (non-hydrogen) atoms. The smallest absolute Gasteiger partial charge is 0.271 e. The number of hydrogen-bond acceptors (Lipinski definition) is 6. The quantitative estimate of drug-likeness (QED) is 0.329. The molecule has 0 unspecified atom stereocenters. The lowest BCUT2D eigenvalue weighted by molar-refractivity contribution is -0.384. The van der Waals surface area contributed by atoms with Gasteiger partial charge in [-0.3, -0.25) is 20.2 Å². The van der Waals surface area contributed by atoms with Crippen LogP contribution >= 0.6 is 12.2 Å². The molecule has 0 saturated heterocycles. The molecule has 2 rings (SSSR count). The number of nitrogens with zero attached hydrogens (tertiary/aromatic N) is 1. The van der Waals surface area contributed by atoms with E-state index in [2.05, 4.69) is 10.6 Å². The number of hydrogen-bond donors (Lipinski definition) is 3. The molecule has 1 amide bonds. The van der Waals surface area contributed by atoms with Crippen LogP contribution in [0.3, 0.4) is 0 Å². The Bertz CT molecular complexity index is 767. The summed E-state index contributed by atoms with van der Waals surface area (Å²) in [6.07, 6.45) is 0. The third kappa shape index (κ3) is 4.92. The predicted molar refractivity (Wildman–Crippen MR) is 91.1 cm³/mol. The average Bonchev–Trinajstić information content (AvgIpc) is 2.55. The zero-order valence-corrected chi connectivity index (χ0v) is 13.1. The van der Waals surface area contributed by atoms with E-state index < -0.39 is 10.8 Å². The van der Waals surface area contributed by atoms with Gasteiger partial charge >= 0.3 is 0 Å². The summed E-state index contributed by atoms with van der Waals surface area (Å²) < 4.78 is 5.26. The Morgan fingerprint density at radius 3 is 2.62 bits per heavy atom. The number of thiocarbonyl (C=S) groups is 1. The molecule has 124 valence electrons. The largest absolute Gasteiger partial charge is 0.506 e. The van der Waals surface area contributed by atoms with Crippen molar-refractivity contribution < 1.29 is 19.6 Å². The molecular formula is C15H13N3O5S. The lowest BCUT2D eigenvalue weighted by Gasteiger charge is -2.11. The molecule has 0 saturated carbocycles. The molecule has 0 aromatic heterocycles. The highest BCUT2D eigenvalue weighted by molar-refractivity contribution is 7.80. The van der Waals surface area contributed by atoms with Crippen LogP contribution in [0.2, 0.25) is 0 Å². The molecule has 0 aliphatic carbocycles. The monoisotopic (exact) mass is 347 g/mol. The standard InChI is InChI=1S/C15H13N3O5S/c19-13-7-6-10(18(21)22)8-12(13)16-15(24)17-14(20)9-23-11-4-2-1-3-5-11/h1-8,19H,9H2,(H2,16,17,20,24). The molecule has 0 aliphatic rings. The molecule has 2 aromatic carbocycles. The Labute approximate surface area is 142 Å². The second kappa shape index (κ2) is 7.88. The number of nitro groups is 1. The highest BCUT2D eigenvalue weighted by Gasteiger charge is 2.12. The number of non-ortho nitro benzene ring substituents is 1. The number of phenolic OH excluding ortho intramolecular Hbond substituents is 1. The Balaban J connectivity index is 1.90. The second-order valence-electron chi connectivity index (χ2n) is 4.56. The maximum atomic E-state index is 11.7. The van der Waals surface area contributed by atoms with E-state index in [1.54, 1.807) is 24.3 Å². The number of anilines is 1. The van der Waals surface area contributed by atoms with Crippen molar-refractivity contribution in [3.63, 3.8) is 0 Å². The maximum Gasteiger partial charge on any atom is 0.271 e. The van der Waals surface area contributed by atoms with Gasteiger partial charge in [-0.15, -0.1) is 0 Å². The SMILES string of the molecule is O=C(COc1ccccc1)NC(=S)Nc1cc([N+](=O)[O-])ccc1O. The third-order valence-corrected chi connectivity index (χ3v) is 3.01. The van der Waals surface area contributed by atoms with Crippen molar-refractivity contribution in [2.45, 2.75) is 0 Å². The number of ether oxygens (including phenoxy) is 1. The lowest BCUT2D eigenvalue weighted by Crippen LogP contribution is -2.37. The van der Waals surface area contributed by atoms with Crippen molar-refractivity contribution >= 4 is 34.6 Å². The van der Waals surface area contributed by atoms with Crippen LogP contribution in [-0.2, 0) is 4.79 Å². The number of rotatable bonds is 5. The van der Waals surface area contributed by atoms with Crippen molar-refractivity contribution in [3.05, 3.63) is 58.6 Å². The summed E-state index contributed by atoms with van der Waals surface area (Å²) in [4.78, 5) is 21.9. The first-order valence-electron chi connectivity index (χ1n) is 6.72. The van der Waals surface area contributed by atoms with Crippen molar-refractivity contribution in [1.29, 1.82) is 0 Å². The van der Waals surface area contributed by atoms with Crippen molar-refractivity contribution in [3.8, 4) is 11.5 Å². The van der Waals surface area contributed by atoms with Gasteiger partial charge in [0, 0.05) is 12.1 Å². The van der Waals surface area contributed by atoms with E-state index in [1.165, 1.54) is 0 Å². The van der Waals surface area contributed by atoms with Gasteiger partial charge in [0.15, 0.2) is 11.7 Å². The van der Waals surface area contributed by atoms with Crippen molar-refractivity contribution in [1.82, 2.24) is 5.32 Å². The average molecular weight is 347 g/mol. The van der Waals surface area contributed by atoms with E-state index in [0.717, 1.165) is 18.2 Å². The number of carbonyl (C=O) groups excluding carboxylic acids is 1. The van der Waals surface area contributed by atoms with Crippen LogP contribution in [0.1, 0.15) is 0 Å². The fraction of sp³-hybridized carbons (Fsp3) is 0.0667. The molecule has 3 N–H and O–H groups in total. The van der Waals surface area contributed by atoms with Crippen LogP contribution in [0.25, 0.3) is 0 Å². The minimum atomic E-state index is -0.611. The number of aromatic hydroxyl groups is 1. The molecule has 2 aromatic rings. The minimum Gasteiger partial charge on any atom is -0.506 e. The molecular weight excluding hydrogens is 334 g/mol. The minimum absolute atomic E-state index is 0.0125. The fourth-order valence-corrected chi connectivity index (χ4v) is 1.94. The summed E-state index contributed by atoms with van der Waals surface area (Å²) in [7, 11) is 0. The number of phenols is 1. The highest BCUT2D eigenvalue weighted by atomic mass is 32.1. The molecule has 8 nitrogen and oxygen atoms in total. The van der Waals surface area contributed by atoms with Crippen LogP contribution in [-0.4, -0.2) is 27.7 Å². The van der Waals surface area contributed by atoms with Gasteiger partial charge in [0.05, 0.1) is 10.6 Å². The Hall–Kier alpha value is -3.20. The molecule has 0 radical (unpaired) electrons. The molecule has 0 atom stereocenters. The summed E-state index contributed by atoms with van der Waals surface area (Å²) in [5.74, 6) is -0.220. The van der Waals surface area contributed by atoms with E-state index in [-0.39, 0.29) is 28.8 Å². The summed E-state index contributed by atoms with van der Waals surface area (Å²) in [5, 5.41) is 25.2. The fourth-order valence-electron chi connectivity index (χ4n) is 1.72. The molecule has 0 heterocycles. The number of para-hydroxylation sites is 1. The van der Waals surface area contributed by atoms with Crippen LogP contribution in [0.15, 0.2) is 48.5 Å². The number of carbonyl (C=O) groups is 1. The van der Waals surface area contributed by atoms with Gasteiger partial charge in [0.25, 0.3) is 11.6 Å². The second-order valence-corrected chi connectivity index (χ2v) is 4.97. The summed E-state index contributed by atoms with van der Waals surface area (Å²) in [6, 6.07) is 12.2. The number of nitro benzene ring substituents is 1. The van der Waals surface area contributed by atoms with Crippen molar-refractivity contribution in [2.75, 3.05) is 11.9 Å². The van der Waals surface area contributed by atoms with Gasteiger partial charge in [-0.1, -0.05) is 18.2 Å². The molecule has 0 bridgehead atoms. The van der Waals surface area contributed by atoms with Gasteiger partial charge in [0.1, 0.15) is 11.5 Å². The van der Waals surface area contributed by atoms with Crippen LogP contribution < -0.4 is 15.4 Å². The predicted octanol–water partition coefficient (Wildman–Crippen LogP) is 2.19. The van der Waals surface area contributed by atoms with Gasteiger partial charge < -0.3 is 15.2 Å². The van der Waals surface area contributed by atoms with Gasteiger partial charge in [-0.25, -0.2) is 0 Å². The van der Waals surface area contributed by atoms with E-state index in [0.29, 0.717) is 5.75 Å². The molecule has 0 fully saturated rings. The topological polar surface area (TPSA) is 114 Å². The summed E-state index contributed by atoms with van der Waals surface area (Å²) in [5.41, 5.74) is -0.213. The Morgan fingerprint density at radius 1 is 1.25 bits per heavy atom. The van der Waals surface area contributed by atoms with E-state index in [1.807, 2.05) is 6.07 Å². The Kier molecular flexibility index (Phi) is 5.63. The molecule has 0 aliphatic heterocycles. The molecule has 0 spiro atoms. The third-order valence-electron chi connectivity index (χ3n) is 2.81. The first-order chi connectivity index (χ1) is 11.5. The van der Waals surface area contributed by atoms with Gasteiger partial charge in [-0.2, -0.15) is 0 Å². The number of amides is 1. The zero-order valence-electron chi connectivity index (χ0n) is 12.3. The van der Waals surface area contributed by atoms with Gasteiger partial charge in [-0.05, 0) is 30.4 Å². The molecule has 9 heteroatoms. The van der Waals surface area contributed by atoms with Crippen molar-refractivity contribution in [2.24, 2.45) is 0 Å². The first-order valence-corrected chi connectivity index (χ1v) is 7.12. The van der Waals surface area contributed by atoms with Crippen LogP contribution in [0.5, 0.6) is 11.5 Å². The van der Waals surface area contributed by atoms with Crippen LogP contribution in [0.4, 0.5) is 11.4 Å². The van der Waals surface area contributed by atoms with E-state index in [9.17, 15) is 20.0 Å². The normalized spacial score (nSPS) is 9.83. The first kappa shape index (κ1) is 17.2. The number of nitrogens with one attached hydrogen (secondary N) is 2. The summed E-state index contributed by atoms with van der Waals surface area (Å²) >= 11 is 4.93. The lowest BCUT2D eigenvalue weighted by atomic mass is 10.2. The number of benzene rings is 2. The zero-order chi connectivity index (χ0) is 17.5. The van der Waals surface area contributed by atoms with E-state index in [4.69, 9.17) is 17.0 Å².